The van der Waals surface area contributed by atoms with E-state index in [1.54, 1.807) is 12.5 Å². The number of nitrogens with zero attached hydrogens (tertiary/aromatic N) is 2. The van der Waals surface area contributed by atoms with Gasteiger partial charge in [-0.2, -0.15) is 0 Å². The Bertz CT molecular complexity index is 693. The molecule has 2 aromatic heterocycles. The van der Waals surface area contributed by atoms with Gasteiger partial charge in [-0.25, -0.2) is 9.97 Å². The van der Waals surface area contributed by atoms with Gasteiger partial charge < -0.3 is 14.7 Å². The van der Waals surface area contributed by atoms with Crippen LogP contribution in [-0.2, 0) is 11.0 Å². The Morgan fingerprint density at radius 2 is 2.21 bits per heavy atom. The summed E-state index contributed by atoms with van der Waals surface area (Å²) in [5.74, 6) is 0.838. The van der Waals surface area contributed by atoms with E-state index in [4.69, 9.17) is 10.2 Å². The third-order valence-electron chi connectivity index (χ3n) is 3.51. The molecule has 0 radical (unpaired) electrons. The number of aromatic nitrogens is 2. The van der Waals surface area contributed by atoms with Crippen LogP contribution in [0.25, 0.3) is 11.5 Å². The lowest BCUT2D eigenvalue weighted by Gasteiger charge is -2.06. The highest BCUT2D eigenvalue weighted by Crippen LogP contribution is 2.57. The number of nitrogen functional groups attached to an aromatic ring is 1. The van der Waals surface area contributed by atoms with Crippen molar-refractivity contribution in [2.45, 2.75) is 26.7 Å². The average molecular weight is 277 g/mol. The van der Waals surface area contributed by atoms with E-state index in [-0.39, 0.29) is 5.95 Å². The first kappa shape index (κ1) is 12.4. The molecule has 2 N–H and O–H groups in total. The number of fused-ring (bicyclic) bond motifs is 1. The Kier molecular flexibility index (Phi) is 2.75. The molecular weight excluding hydrogens is 261 g/mol. The van der Waals surface area contributed by atoms with Crippen molar-refractivity contribution in [2.24, 2.45) is 0 Å². The zero-order valence-electron chi connectivity index (χ0n) is 11.0. The van der Waals surface area contributed by atoms with Crippen molar-refractivity contribution in [1.29, 1.82) is 0 Å². The predicted octanol–water partition coefficient (Wildman–Crippen LogP) is 1.92. The van der Waals surface area contributed by atoms with E-state index < -0.39 is 7.14 Å². The molecule has 1 aliphatic rings. The van der Waals surface area contributed by atoms with Crippen LogP contribution in [-0.4, -0.2) is 16.1 Å². The highest BCUT2D eigenvalue weighted by Gasteiger charge is 2.50. The van der Waals surface area contributed by atoms with Crippen LogP contribution in [0.5, 0.6) is 0 Å². The zero-order valence-corrected chi connectivity index (χ0v) is 11.9. The second-order valence-corrected chi connectivity index (χ2v) is 7.75. The van der Waals surface area contributed by atoms with Gasteiger partial charge in [-0.1, -0.05) is 20.3 Å². The molecule has 0 saturated carbocycles. The van der Waals surface area contributed by atoms with Crippen LogP contribution in [0.3, 0.4) is 0 Å². The number of hydrogen-bond acceptors (Lipinski definition) is 5. The van der Waals surface area contributed by atoms with Gasteiger partial charge in [0.25, 0.3) is 0 Å². The summed E-state index contributed by atoms with van der Waals surface area (Å²) < 4.78 is 18.0. The summed E-state index contributed by atoms with van der Waals surface area (Å²) in [6, 6.07) is 0. The summed E-state index contributed by atoms with van der Waals surface area (Å²) in [6.45, 7) is 4.02. The fourth-order valence-corrected chi connectivity index (χ4v) is 4.86. The first-order valence-electron chi connectivity index (χ1n) is 6.45. The number of nitrogens with two attached hydrogens (primary N) is 1. The summed E-state index contributed by atoms with van der Waals surface area (Å²) in [5, 5.41) is 1.72. The van der Waals surface area contributed by atoms with Crippen LogP contribution in [0.4, 0.5) is 5.95 Å². The minimum absolute atomic E-state index is 0.215. The van der Waals surface area contributed by atoms with Crippen LogP contribution >= 0.6 is 7.14 Å². The molecule has 0 spiro atoms. The summed E-state index contributed by atoms with van der Waals surface area (Å²) in [4.78, 5) is 8.31. The molecule has 0 bridgehead atoms. The summed E-state index contributed by atoms with van der Waals surface area (Å²) in [5.41, 5.74) is 7.35. The summed E-state index contributed by atoms with van der Waals surface area (Å²) in [6.07, 6.45) is 5.80. The van der Waals surface area contributed by atoms with Crippen molar-refractivity contribution >= 4 is 23.7 Å². The van der Waals surface area contributed by atoms with Crippen LogP contribution in [0.2, 0.25) is 0 Å². The van der Waals surface area contributed by atoms with Gasteiger partial charge in [0.15, 0.2) is 12.9 Å². The fraction of sp³-hybridized carbons (Fsp3) is 0.385. The Morgan fingerprint density at radius 1 is 1.42 bits per heavy atom. The summed E-state index contributed by atoms with van der Waals surface area (Å²) >= 11 is 0. The molecule has 100 valence electrons. The molecule has 0 amide bonds. The fourth-order valence-electron chi connectivity index (χ4n) is 2.44. The lowest BCUT2D eigenvalue weighted by Crippen LogP contribution is -2.03. The van der Waals surface area contributed by atoms with Crippen molar-refractivity contribution in [1.82, 2.24) is 9.97 Å². The highest BCUT2D eigenvalue weighted by molar-refractivity contribution is 7.89. The van der Waals surface area contributed by atoms with E-state index in [2.05, 4.69) is 16.9 Å². The molecule has 3 rings (SSSR count). The maximum Gasteiger partial charge on any atom is 0.220 e. The normalized spacial score (nSPS) is 20.3. The third kappa shape index (κ3) is 1.72. The number of rotatable bonds is 4. The van der Waals surface area contributed by atoms with Crippen molar-refractivity contribution in [2.75, 3.05) is 11.9 Å². The van der Waals surface area contributed by atoms with Crippen molar-refractivity contribution in [3.05, 3.63) is 18.0 Å². The zero-order chi connectivity index (χ0) is 13.6. The van der Waals surface area contributed by atoms with Gasteiger partial charge in [0, 0.05) is 17.9 Å². The van der Waals surface area contributed by atoms with Crippen LogP contribution < -0.4 is 16.3 Å². The van der Waals surface area contributed by atoms with Crippen LogP contribution in [0, 0.1) is 0 Å². The molecule has 0 fully saturated rings. The first-order chi connectivity index (χ1) is 9.11. The molecule has 2 aromatic rings. The summed E-state index contributed by atoms with van der Waals surface area (Å²) in [7, 11) is -2.27. The number of hydrogen-bond donors (Lipinski definition) is 1. The van der Waals surface area contributed by atoms with Crippen LogP contribution in [0.1, 0.15) is 25.8 Å². The molecule has 19 heavy (non-hydrogen) atoms. The van der Waals surface area contributed by atoms with Crippen molar-refractivity contribution < 1.29 is 8.98 Å². The van der Waals surface area contributed by atoms with Gasteiger partial charge in [0.2, 0.25) is 5.95 Å². The Labute approximate surface area is 111 Å². The van der Waals surface area contributed by atoms with Gasteiger partial charge >= 0.3 is 0 Å². The predicted molar refractivity (Wildman–Crippen MR) is 75.6 cm³/mol. The highest BCUT2D eigenvalue weighted by atomic mass is 31.2. The standard InChI is InChI=1S/C13H16N3O2P/c1-3-5-8-6-15-13(14)16-10(8)11-12-9(7-18-11)19(12,17)4-2/h6-7H,3-5H2,1-2H3,(H2,14,15,16). The number of aryl methyl sites for hydroxylation is 1. The Morgan fingerprint density at radius 3 is 2.84 bits per heavy atom. The molecule has 1 atom stereocenters. The molecule has 0 aromatic carbocycles. The van der Waals surface area contributed by atoms with Crippen molar-refractivity contribution in [3.8, 4) is 11.5 Å². The minimum Gasteiger partial charge on any atom is -0.461 e. The van der Waals surface area contributed by atoms with E-state index in [1.165, 1.54) is 0 Å². The molecule has 0 aliphatic carbocycles. The van der Waals surface area contributed by atoms with Gasteiger partial charge in [0.05, 0.1) is 10.6 Å². The van der Waals surface area contributed by atoms with Crippen molar-refractivity contribution in [3.63, 3.8) is 0 Å². The van der Waals surface area contributed by atoms with E-state index in [0.717, 1.165) is 29.0 Å². The van der Waals surface area contributed by atoms with E-state index >= 15 is 0 Å². The second kappa shape index (κ2) is 4.20. The van der Waals surface area contributed by atoms with E-state index in [1.807, 2.05) is 6.92 Å². The largest absolute Gasteiger partial charge is 0.461 e. The topological polar surface area (TPSA) is 82.0 Å². The lowest BCUT2D eigenvalue weighted by molar-refractivity contribution is 0.572. The Hall–Kier alpha value is -1.61. The smallest absolute Gasteiger partial charge is 0.220 e. The van der Waals surface area contributed by atoms with E-state index in [9.17, 15) is 4.57 Å². The molecule has 5 nitrogen and oxygen atoms in total. The molecule has 3 heterocycles. The Balaban J connectivity index is 2.12. The van der Waals surface area contributed by atoms with Gasteiger partial charge in [-0.05, 0) is 6.42 Å². The minimum atomic E-state index is -2.27. The first-order valence-corrected chi connectivity index (χ1v) is 8.34. The number of furan rings is 1. The lowest BCUT2D eigenvalue weighted by atomic mass is 10.1. The van der Waals surface area contributed by atoms with Gasteiger partial charge in [-0.3, -0.25) is 0 Å². The monoisotopic (exact) mass is 277 g/mol. The van der Waals surface area contributed by atoms with Gasteiger partial charge in [-0.15, -0.1) is 0 Å². The molecule has 0 saturated heterocycles. The maximum absolute atomic E-state index is 12.5. The second-order valence-electron chi connectivity index (χ2n) is 4.71. The van der Waals surface area contributed by atoms with E-state index in [0.29, 0.717) is 17.6 Å². The molecular formula is C13H16N3O2P. The average Bonchev–Trinajstić information content (AvgIpc) is 2.79. The molecule has 1 aliphatic heterocycles. The maximum atomic E-state index is 12.5. The van der Waals surface area contributed by atoms with Gasteiger partial charge in [0.1, 0.15) is 12.0 Å². The third-order valence-corrected chi connectivity index (χ3v) is 6.45. The SMILES string of the molecule is CCCc1cnc(N)nc1-c1occ2c1P2(=O)CC. The van der Waals surface area contributed by atoms with Crippen LogP contribution in [0.15, 0.2) is 16.9 Å². The quantitative estimate of drug-likeness (QED) is 0.863. The molecule has 6 heteroatoms. The number of anilines is 1. The molecule has 1 unspecified atom stereocenters.